The van der Waals surface area contributed by atoms with Gasteiger partial charge in [-0.25, -0.2) is 13.1 Å². The summed E-state index contributed by atoms with van der Waals surface area (Å²) < 4.78 is 32.5. The molecule has 1 aromatic rings. The molecule has 0 saturated heterocycles. The number of hydrogen-bond acceptors (Lipinski definition) is 4. The molecule has 22 heavy (non-hydrogen) atoms. The van der Waals surface area contributed by atoms with Gasteiger partial charge in [0.15, 0.2) is 0 Å². The van der Waals surface area contributed by atoms with Gasteiger partial charge in [0.1, 0.15) is 0 Å². The van der Waals surface area contributed by atoms with Gasteiger partial charge in [-0.2, -0.15) is 0 Å². The molecule has 1 aliphatic rings. The Morgan fingerprint density at radius 3 is 2.64 bits per heavy atom. The van der Waals surface area contributed by atoms with Gasteiger partial charge in [-0.1, -0.05) is 12.1 Å². The Balaban J connectivity index is 1.72. The van der Waals surface area contributed by atoms with E-state index in [1.165, 1.54) is 0 Å². The molecule has 0 aromatic heterocycles. The Morgan fingerprint density at radius 2 is 2.00 bits per heavy atom. The van der Waals surface area contributed by atoms with Gasteiger partial charge < -0.3 is 9.84 Å². The van der Waals surface area contributed by atoms with Crippen LogP contribution in [0.1, 0.15) is 31.2 Å². The monoisotopic (exact) mass is 327 g/mol. The quantitative estimate of drug-likeness (QED) is 0.749. The first kappa shape index (κ1) is 17.4. The van der Waals surface area contributed by atoms with Crippen molar-refractivity contribution in [1.29, 1.82) is 0 Å². The third-order valence-electron chi connectivity index (χ3n) is 4.10. The zero-order valence-electron chi connectivity index (χ0n) is 13.0. The predicted octanol–water partition coefficient (Wildman–Crippen LogP) is 1.84. The SMILES string of the molecule is Cc1cccc(S(=O)(=O)NCCOC2CCC(CO)CC2)c1. The Kier molecular flexibility index (Phi) is 6.37. The summed E-state index contributed by atoms with van der Waals surface area (Å²) in [4.78, 5) is 0.288. The fourth-order valence-electron chi connectivity index (χ4n) is 2.75. The van der Waals surface area contributed by atoms with E-state index in [1.807, 2.05) is 13.0 Å². The predicted molar refractivity (Wildman–Crippen MR) is 85.2 cm³/mol. The number of hydrogen-bond donors (Lipinski definition) is 2. The first-order valence-electron chi connectivity index (χ1n) is 7.80. The van der Waals surface area contributed by atoms with E-state index in [2.05, 4.69) is 4.72 Å². The molecule has 0 radical (unpaired) electrons. The topological polar surface area (TPSA) is 75.6 Å². The maximum absolute atomic E-state index is 12.1. The van der Waals surface area contributed by atoms with E-state index in [-0.39, 0.29) is 24.2 Å². The minimum Gasteiger partial charge on any atom is -0.396 e. The van der Waals surface area contributed by atoms with Crippen molar-refractivity contribution in [1.82, 2.24) is 4.72 Å². The van der Waals surface area contributed by atoms with Crippen LogP contribution in [0.3, 0.4) is 0 Å². The van der Waals surface area contributed by atoms with Crippen LogP contribution in [0.4, 0.5) is 0 Å². The van der Waals surface area contributed by atoms with E-state index >= 15 is 0 Å². The summed E-state index contributed by atoms with van der Waals surface area (Å²) in [5.41, 5.74) is 0.916. The molecule has 0 spiro atoms. The fourth-order valence-corrected chi connectivity index (χ4v) is 3.87. The summed E-state index contributed by atoms with van der Waals surface area (Å²) in [5, 5.41) is 9.09. The van der Waals surface area contributed by atoms with Gasteiger partial charge in [-0.3, -0.25) is 0 Å². The molecule has 124 valence electrons. The minimum absolute atomic E-state index is 0.186. The molecule has 0 aliphatic heterocycles. The fraction of sp³-hybridized carbons (Fsp3) is 0.625. The molecule has 0 atom stereocenters. The number of benzene rings is 1. The van der Waals surface area contributed by atoms with Crippen molar-refractivity contribution in [3.05, 3.63) is 29.8 Å². The number of sulfonamides is 1. The summed E-state index contributed by atoms with van der Waals surface area (Å²) in [6.45, 7) is 2.77. The van der Waals surface area contributed by atoms with Crippen LogP contribution in [-0.4, -0.2) is 39.4 Å². The van der Waals surface area contributed by atoms with Crippen LogP contribution in [0.15, 0.2) is 29.2 Å². The van der Waals surface area contributed by atoms with Crippen molar-refractivity contribution in [3.63, 3.8) is 0 Å². The Labute approximate surface area is 132 Å². The van der Waals surface area contributed by atoms with Crippen LogP contribution in [0, 0.1) is 12.8 Å². The smallest absolute Gasteiger partial charge is 0.240 e. The highest BCUT2D eigenvalue weighted by atomic mass is 32.2. The van der Waals surface area contributed by atoms with Crippen LogP contribution >= 0.6 is 0 Å². The second kappa shape index (κ2) is 8.06. The van der Waals surface area contributed by atoms with E-state index in [9.17, 15) is 8.42 Å². The maximum atomic E-state index is 12.1. The van der Waals surface area contributed by atoms with Gasteiger partial charge in [-0.05, 0) is 56.2 Å². The molecular weight excluding hydrogens is 302 g/mol. The van der Waals surface area contributed by atoms with Crippen LogP contribution in [0.25, 0.3) is 0 Å². The Bertz CT molecular complexity index is 565. The van der Waals surface area contributed by atoms with Gasteiger partial charge in [0, 0.05) is 13.2 Å². The highest BCUT2D eigenvalue weighted by Crippen LogP contribution is 2.25. The molecule has 0 unspecified atom stereocenters. The van der Waals surface area contributed by atoms with Crippen molar-refractivity contribution in [2.75, 3.05) is 19.8 Å². The van der Waals surface area contributed by atoms with Crippen molar-refractivity contribution in [2.24, 2.45) is 5.92 Å². The third-order valence-corrected chi connectivity index (χ3v) is 5.56. The lowest BCUT2D eigenvalue weighted by Gasteiger charge is -2.27. The maximum Gasteiger partial charge on any atom is 0.240 e. The molecule has 5 nitrogen and oxygen atoms in total. The van der Waals surface area contributed by atoms with Crippen LogP contribution in [-0.2, 0) is 14.8 Å². The zero-order valence-corrected chi connectivity index (χ0v) is 13.8. The Hall–Kier alpha value is -0.950. The number of rotatable bonds is 7. The second-order valence-electron chi connectivity index (χ2n) is 5.91. The molecule has 0 heterocycles. The lowest BCUT2D eigenvalue weighted by atomic mass is 9.88. The highest BCUT2D eigenvalue weighted by Gasteiger charge is 2.21. The summed E-state index contributed by atoms with van der Waals surface area (Å²) in [6, 6.07) is 6.84. The summed E-state index contributed by atoms with van der Waals surface area (Å²) in [7, 11) is -3.46. The molecule has 0 amide bonds. The number of aliphatic hydroxyl groups excluding tert-OH is 1. The van der Waals surface area contributed by atoms with E-state index in [0.717, 1.165) is 31.2 Å². The van der Waals surface area contributed by atoms with Crippen LogP contribution in [0.5, 0.6) is 0 Å². The molecule has 0 bridgehead atoms. The van der Waals surface area contributed by atoms with E-state index in [0.29, 0.717) is 12.5 Å². The molecule has 1 saturated carbocycles. The van der Waals surface area contributed by atoms with Crippen molar-refractivity contribution in [2.45, 2.75) is 43.6 Å². The lowest BCUT2D eigenvalue weighted by molar-refractivity contribution is 0.0144. The first-order chi connectivity index (χ1) is 10.5. The van der Waals surface area contributed by atoms with E-state index in [1.54, 1.807) is 18.2 Å². The zero-order chi connectivity index (χ0) is 16.0. The average Bonchev–Trinajstić information content (AvgIpc) is 2.52. The molecular formula is C16H25NO4S. The Morgan fingerprint density at radius 1 is 1.27 bits per heavy atom. The van der Waals surface area contributed by atoms with Crippen molar-refractivity contribution in [3.8, 4) is 0 Å². The second-order valence-corrected chi connectivity index (χ2v) is 7.68. The molecule has 1 fully saturated rings. The largest absolute Gasteiger partial charge is 0.396 e. The standard InChI is InChI=1S/C16H25NO4S/c1-13-3-2-4-16(11-13)22(19,20)17-9-10-21-15-7-5-14(12-18)6-8-15/h2-4,11,14-15,17-18H,5-10,12H2,1H3. The third kappa shape index (κ3) is 5.05. The van der Waals surface area contributed by atoms with Gasteiger partial charge in [0.05, 0.1) is 17.6 Å². The van der Waals surface area contributed by atoms with E-state index < -0.39 is 10.0 Å². The number of aliphatic hydroxyl groups is 1. The molecule has 6 heteroatoms. The number of nitrogens with one attached hydrogen (secondary N) is 1. The molecule has 1 aliphatic carbocycles. The van der Waals surface area contributed by atoms with Gasteiger partial charge in [-0.15, -0.1) is 0 Å². The summed E-state index contributed by atoms with van der Waals surface area (Å²) in [6.07, 6.45) is 4.03. The van der Waals surface area contributed by atoms with E-state index in [4.69, 9.17) is 9.84 Å². The minimum atomic E-state index is -3.46. The average molecular weight is 327 g/mol. The van der Waals surface area contributed by atoms with Crippen LogP contribution < -0.4 is 4.72 Å². The van der Waals surface area contributed by atoms with Gasteiger partial charge in [0.2, 0.25) is 10.0 Å². The van der Waals surface area contributed by atoms with Crippen molar-refractivity contribution < 1.29 is 18.3 Å². The van der Waals surface area contributed by atoms with Gasteiger partial charge in [0.25, 0.3) is 0 Å². The van der Waals surface area contributed by atoms with Crippen LogP contribution in [0.2, 0.25) is 0 Å². The highest BCUT2D eigenvalue weighted by molar-refractivity contribution is 7.89. The normalized spacial score (nSPS) is 22.6. The van der Waals surface area contributed by atoms with Crippen molar-refractivity contribution >= 4 is 10.0 Å². The summed E-state index contributed by atoms with van der Waals surface area (Å²) in [5.74, 6) is 0.402. The molecule has 2 rings (SSSR count). The number of aryl methyl sites for hydroxylation is 1. The summed E-state index contributed by atoms with van der Waals surface area (Å²) >= 11 is 0. The number of ether oxygens (including phenoxy) is 1. The van der Waals surface area contributed by atoms with Gasteiger partial charge >= 0.3 is 0 Å². The first-order valence-corrected chi connectivity index (χ1v) is 9.28. The molecule has 1 aromatic carbocycles. The molecule has 2 N–H and O–H groups in total. The lowest BCUT2D eigenvalue weighted by Crippen LogP contribution is -2.30.